The first-order chi connectivity index (χ1) is 7.15. The molecular formula is C12H19NO2. The monoisotopic (exact) mass is 209 g/mol. The van der Waals surface area contributed by atoms with Crippen LogP contribution in [0.1, 0.15) is 75.0 Å². The third-order valence-corrected chi connectivity index (χ3v) is 3.00. The minimum absolute atomic E-state index is 0.317. The highest BCUT2D eigenvalue weighted by Gasteiger charge is 2.34. The molecule has 0 aromatic carbocycles. The molecular weight excluding hydrogens is 190 g/mol. The summed E-state index contributed by atoms with van der Waals surface area (Å²) >= 11 is 0. The van der Waals surface area contributed by atoms with E-state index >= 15 is 0 Å². The van der Waals surface area contributed by atoms with Crippen molar-refractivity contribution in [3.8, 4) is 0 Å². The summed E-state index contributed by atoms with van der Waals surface area (Å²) < 4.78 is 5.39. The number of nitrogens with zero attached hydrogens (tertiary/aromatic N) is 1. The lowest BCUT2D eigenvalue weighted by Crippen LogP contribution is -2.03. The molecule has 0 amide bonds. The molecule has 1 heterocycles. The van der Waals surface area contributed by atoms with E-state index in [4.69, 9.17) is 4.52 Å². The zero-order chi connectivity index (χ0) is 11.0. The topological polar surface area (TPSA) is 46.3 Å². The molecule has 1 saturated carbocycles. The van der Waals surface area contributed by atoms with Crippen molar-refractivity contribution in [2.24, 2.45) is 0 Å². The van der Waals surface area contributed by atoms with E-state index in [-0.39, 0.29) is 0 Å². The second-order valence-corrected chi connectivity index (χ2v) is 4.70. The fourth-order valence-corrected chi connectivity index (χ4v) is 1.92. The summed E-state index contributed by atoms with van der Waals surface area (Å²) in [7, 11) is 0. The number of rotatable bonds is 4. The molecule has 1 aliphatic carbocycles. The number of aliphatic hydroxyl groups excluding tert-OH is 1. The van der Waals surface area contributed by atoms with Gasteiger partial charge in [0.1, 0.15) is 5.76 Å². The number of aromatic nitrogens is 1. The first-order valence-electron chi connectivity index (χ1n) is 5.82. The number of aliphatic hydroxyl groups is 1. The van der Waals surface area contributed by atoms with E-state index in [0.29, 0.717) is 11.8 Å². The first-order valence-corrected chi connectivity index (χ1v) is 5.82. The van der Waals surface area contributed by atoms with Gasteiger partial charge in [-0.15, -0.1) is 0 Å². The summed E-state index contributed by atoms with van der Waals surface area (Å²) in [5, 5.41) is 14.1. The standard InChI is InChI=1S/C12H19NO2/c1-4-9(14)10-11(7(2)3)13-15-12(10)8-5-6-8/h7-9,14H,4-6H2,1-3H3. The molecule has 1 atom stereocenters. The third-order valence-electron chi connectivity index (χ3n) is 3.00. The van der Waals surface area contributed by atoms with Crippen molar-refractivity contribution < 1.29 is 9.63 Å². The molecule has 1 fully saturated rings. The minimum atomic E-state index is -0.413. The van der Waals surface area contributed by atoms with E-state index < -0.39 is 6.10 Å². The molecule has 1 N–H and O–H groups in total. The summed E-state index contributed by atoms with van der Waals surface area (Å²) in [6.07, 6.45) is 2.66. The molecule has 3 heteroatoms. The summed E-state index contributed by atoms with van der Waals surface area (Å²) in [5.41, 5.74) is 1.90. The van der Waals surface area contributed by atoms with Crippen molar-refractivity contribution in [3.05, 3.63) is 17.0 Å². The molecule has 1 aliphatic rings. The summed E-state index contributed by atoms with van der Waals surface area (Å²) in [5.74, 6) is 1.77. The maximum Gasteiger partial charge on any atom is 0.145 e. The lowest BCUT2D eigenvalue weighted by atomic mass is 9.97. The maximum atomic E-state index is 10.0. The molecule has 1 aromatic rings. The Labute approximate surface area is 90.5 Å². The van der Waals surface area contributed by atoms with Gasteiger partial charge in [0.25, 0.3) is 0 Å². The lowest BCUT2D eigenvalue weighted by Gasteiger charge is -2.10. The fourth-order valence-electron chi connectivity index (χ4n) is 1.92. The molecule has 0 radical (unpaired) electrons. The van der Waals surface area contributed by atoms with E-state index in [1.54, 1.807) is 0 Å². The van der Waals surface area contributed by atoms with E-state index in [1.807, 2.05) is 6.92 Å². The van der Waals surface area contributed by atoms with Crippen LogP contribution in [0.5, 0.6) is 0 Å². The van der Waals surface area contributed by atoms with E-state index in [0.717, 1.165) is 23.4 Å². The van der Waals surface area contributed by atoms with Crippen LogP contribution >= 0.6 is 0 Å². The van der Waals surface area contributed by atoms with E-state index in [1.165, 1.54) is 12.8 Å². The number of hydrogen-bond donors (Lipinski definition) is 1. The zero-order valence-corrected chi connectivity index (χ0v) is 9.66. The van der Waals surface area contributed by atoms with Crippen LogP contribution in [-0.2, 0) is 0 Å². The third kappa shape index (κ3) is 1.93. The molecule has 1 aromatic heterocycles. The van der Waals surface area contributed by atoms with Gasteiger partial charge in [-0.1, -0.05) is 25.9 Å². The van der Waals surface area contributed by atoms with Gasteiger partial charge in [0.2, 0.25) is 0 Å². The Bertz CT molecular complexity index is 320. The first kappa shape index (κ1) is 10.7. The molecule has 1 unspecified atom stereocenters. The predicted molar refractivity (Wildman–Crippen MR) is 57.8 cm³/mol. The SMILES string of the molecule is CCC(O)c1c(C(C)C)noc1C1CC1. The van der Waals surface area contributed by atoms with Crippen molar-refractivity contribution in [1.82, 2.24) is 5.16 Å². The van der Waals surface area contributed by atoms with Gasteiger partial charge in [0.15, 0.2) is 0 Å². The summed E-state index contributed by atoms with van der Waals surface area (Å²) in [6.45, 7) is 6.15. The molecule has 0 saturated heterocycles. The van der Waals surface area contributed by atoms with Gasteiger partial charge in [-0.3, -0.25) is 0 Å². The highest BCUT2D eigenvalue weighted by Crippen LogP contribution is 2.45. The van der Waals surface area contributed by atoms with Crippen molar-refractivity contribution in [2.75, 3.05) is 0 Å². The number of hydrogen-bond acceptors (Lipinski definition) is 3. The zero-order valence-electron chi connectivity index (χ0n) is 9.66. The summed E-state index contributed by atoms with van der Waals surface area (Å²) in [6, 6.07) is 0. The Balaban J connectivity index is 2.38. The van der Waals surface area contributed by atoms with Gasteiger partial charge in [-0.2, -0.15) is 0 Å². The highest BCUT2D eigenvalue weighted by atomic mass is 16.5. The Kier molecular flexibility index (Phi) is 2.83. The van der Waals surface area contributed by atoms with Crippen LogP contribution in [-0.4, -0.2) is 10.3 Å². The molecule has 0 bridgehead atoms. The Morgan fingerprint density at radius 1 is 1.47 bits per heavy atom. The lowest BCUT2D eigenvalue weighted by molar-refractivity contribution is 0.170. The average Bonchev–Trinajstić information content (AvgIpc) is 2.95. The second-order valence-electron chi connectivity index (χ2n) is 4.70. The van der Waals surface area contributed by atoms with Crippen molar-refractivity contribution >= 4 is 0 Å². The maximum absolute atomic E-state index is 10.0. The van der Waals surface area contributed by atoms with Crippen LogP contribution in [0, 0.1) is 0 Å². The minimum Gasteiger partial charge on any atom is -0.388 e. The van der Waals surface area contributed by atoms with Crippen molar-refractivity contribution in [3.63, 3.8) is 0 Å². The molecule has 0 spiro atoms. The van der Waals surface area contributed by atoms with Crippen LogP contribution in [0.2, 0.25) is 0 Å². The van der Waals surface area contributed by atoms with Gasteiger partial charge in [-0.05, 0) is 25.2 Å². The Hall–Kier alpha value is -0.830. The molecule has 0 aliphatic heterocycles. The highest BCUT2D eigenvalue weighted by molar-refractivity contribution is 5.32. The fraction of sp³-hybridized carbons (Fsp3) is 0.750. The van der Waals surface area contributed by atoms with Crippen molar-refractivity contribution in [2.45, 2.75) is 58.0 Å². The second kappa shape index (κ2) is 3.97. The van der Waals surface area contributed by atoms with Crippen molar-refractivity contribution in [1.29, 1.82) is 0 Å². The Morgan fingerprint density at radius 2 is 2.13 bits per heavy atom. The average molecular weight is 209 g/mol. The molecule has 2 rings (SSSR count). The Morgan fingerprint density at radius 3 is 2.60 bits per heavy atom. The molecule has 15 heavy (non-hydrogen) atoms. The van der Waals surface area contributed by atoms with Crippen LogP contribution in [0.3, 0.4) is 0 Å². The predicted octanol–water partition coefficient (Wildman–Crippen LogP) is 3.12. The quantitative estimate of drug-likeness (QED) is 0.828. The van der Waals surface area contributed by atoms with Gasteiger partial charge < -0.3 is 9.63 Å². The normalized spacial score (nSPS) is 18.5. The van der Waals surface area contributed by atoms with Crippen LogP contribution in [0.4, 0.5) is 0 Å². The molecule has 3 nitrogen and oxygen atoms in total. The van der Waals surface area contributed by atoms with Crippen LogP contribution < -0.4 is 0 Å². The largest absolute Gasteiger partial charge is 0.388 e. The van der Waals surface area contributed by atoms with Gasteiger partial charge in [0.05, 0.1) is 11.8 Å². The van der Waals surface area contributed by atoms with Gasteiger partial charge >= 0.3 is 0 Å². The van der Waals surface area contributed by atoms with E-state index in [2.05, 4.69) is 19.0 Å². The van der Waals surface area contributed by atoms with Crippen LogP contribution in [0.25, 0.3) is 0 Å². The van der Waals surface area contributed by atoms with Gasteiger partial charge in [-0.25, -0.2) is 0 Å². The van der Waals surface area contributed by atoms with Crippen LogP contribution in [0.15, 0.2) is 4.52 Å². The smallest absolute Gasteiger partial charge is 0.145 e. The van der Waals surface area contributed by atoms with E-state index in [9.17, 15) is 5.11 Å². The summed E-state index contributed by atoms with van der Waals surface area (Å²) in [4.78, 5) is 0. The molecule has 84 valence electrons. The van der Waals surface area contributed by atoms with Gasteiger partial charge in [0, 0.05) is 11.5 Å².